The molecule has 1 aliphatic carbocycles. The second-order valence-electron chi connectivity index (χ2n) is 4.34. The van der Waals surface area contributed by atoms with Crippen molar-refractivity contribution in [3.63, 3.8) is 0 Å². The zero-order chi connectivity index (χ0) is 11.9. The molecule has 0 aromatic heterocycles. The Labute approximate surface area is 106 Å². The summed E-state index contributed by atoms with van der Waals surface area (Å²) in [6, 6.07) is 9.99. The Balaban J connectivity index is 1.89. The van der Waals surface area contributed by atoms with E-state index in [1.54, 1.807) is 0 Å². The second kappa shape index (κ2) is 6.55. The van der Waals surface area contributed by atoms with Crippen LogP contribution in [0.4, 0.5) is 0 Å². The number of allylic oxidation sites excluding steroid dienone is 3. The molecule has 1 aliphatic rings. The van der Waals surface area contributed by atoms with E-state index in [2.05, 4.69) is 6.08 Å². The third-order valence-corrected chi connectivity index (χ3v) is 3.97. The summed E-state index contributed by atoms with van der Waals surface area (Å²) >= 11 is 0. The molecule has 1 aromatic rings. The first-order chi connectivity index (χ1) is 8.34. The van der Waals surface area contributed by atoms with Gasteiger partial charge in [-0.1, -0.05) is 48.1 Å². The smallest absolute Gasteiger partial charge is 0.0526 e. The lowest BCUT2D eigenvalue weighted by atomic mass is 10.0. The van der Waals surface area contributed by atoms with Crippen LogP contribution in [0.25, 0.3) is 0 Å². The van der Waals surface area contributed by atoms with E-state index < -0.39 is 10.8 Å². The van der Waals surface area contributed by atoms with Gasteiger partial charge in [-0.3, -0.25) is 4.21 Å². The van der Waals surface area contributed by atoms with Crippen molar-refractivity contribution in [3.8, 4) is 0 Å². The van der Waals surface area contributed by atoms with Crippen molar-refractivity contribution in [3.05, 3.63) is 59.0 Å². The fourth-order valence-electron chi connectivity index (χ4n) is 1.96. The first-order valence-corrected chi connectivity index (χ1v) is 7.51. The van der Waals surface area contributed by atoms with Gasteiger partial charge in [0.15, 0.2) is 0 Å². The highest BCUT2D eigenvalue weighted by atomic mass is 32.2. The maximum atomic E-state index is 11.9. The van der Waals surface area contributed by atoms with E-state index in [0.29, 0.717) is 5.75 Å². The van der Waals surface area contributed by atoms with Gasteiger partial charge in [0, 0.05) is 5.41 Å². The van der Waals surface area contributed by atoms with E-state index >= 15 is 0 Å². The summed E-state index contributed by atoms with van der Waals surface area (Å²) in [6.07, 6.45) is 9.17. The monoisotopic (exact) mass is 246 g/mol. The molecule has 0 unspecified atom stereocenters. The van der Waals surface area contributed by atoms with Gasteiger partial charge in [0.05, 0.1) is 16.6 Å². The fraction of sp³-hybridized carbons (Fsp3) is 0.333. The lowest BCUT2D eigenvalue weighted by Gasteiger charge is -2.07. The van der Waals surface area contributed by atoms with Crippen LogP contribution in [0.15, 0.2) is 53.5 Å². The molecule has 17 heavy (non-hydrogen) atoms. The van der Waals surface area contributed by atoms with Crippen LogP contribution in [0.2, 0.25) is 0 Å². The van der Waals surface area contributed by atoms with Crippen molar-refractivity contribution in [1.82, 2.24) is 0 Å². The summed E-state index contributed by atoms with van der Waals surface area (Å²) in [6.45, 7) is 0. The third-order valence-electron chi connectivity index (χ3n) is 2.91. The molecule has 0 N–H and O–H groups in total. The summed E-state index contributed by atoms with van der Waals surface area (Å²) < 4.78 is 11.9. The van der Waals surface area contributed by atoms with Gasteiger partial charge in [0.25, 0.3) is 0 Å². The molecule has 2 rings (SSSR count). The predicted molar refractivity (Wildman–Crippen MR) is 74.0 cm³/mol. The molecule has 0 bridgehead atoms. The molecule has 0 aliphatic heterocycles. The summed E-state index contributed by atoms with van der Waals surface area (Å²) in [5.41, 5.74) is 2.48. The van der Waals surface area contributed by atoms with Crippen LogP contribution in [-0.4, -0.2) is 4.21 Å². The maximum absolute atomic E-state index is 11.9. The topological polar surface area (TPSA) is 17.1 Å². The minimum atomic E-state index is -0.894. The maximum Gasteiger partial charge on any atom is 0.0526 e. The zero-order valence-electron chi connectivity index (χ0n) is 9.97. The number of benzene rings is 1. The van der Waals surface area contributed by atoms with Crippen molar-refractivity contribution in [2.24, 2.45) is 0 Å². The molecule has 0 spiro atoms. The Morgan fingerprint density at radius 1 is 1.18 bits per heavy atom. The van der Waals surface area contributed by atoms with Crippen molar-refractivity contribution in [2.75, 3.05) is 0 Å². The highest BCUT2D eigenvalue weighted by Gasteiger charge is 2.01. The van der Waals surface area contributed by atoms with Crippen LogP contribution in [0.1, 0.15) is 31.2 Å². The van der Waals surface area contributed by atoms with Gasteiger partial charge in [-0.15, -0.1) is 0 Å². The largest absolute Gasteiger partial charge is 0.255 e. The van der Waals surface area contributed by atoms with E-state index in [9.17, 15) is 4.21 Å². The molecule has 0 saturated heterocycles. The van der Waals surface area contributed by atoms with E-state index in [0.717, 1.165) is 12.0 Å². The molecule has 0 fully saturated rings. The number of hydrogen-bond acceptors (Lipinski definition) is 1. The summed E-state index contributed by atoms with van der Waals surface area (Å²) in [5.74, 6) is 0.616. The predicted octanol–water partition coefficient (Wildman–Crippen LogP) is 3.95. The van der Waals surface area contributed by atoms with Gasteiger partial charge < -0.3 is 0 Å². The average molecular weight is 246 g/mol. The Kier molecular flexibility index (Phi) is 4.75. The highest BCUT2D eigenvalue weighted by molar-refractivity contribution is 7.87. The van der Waals surface area contributed by atoms with E-state index in [-0.39, 0.29) is 0 Å². The van der Waals surface area contributed by atoms with Crippen molar-refractivity contribution in [1.29, 1.82) is 0 Å². The first kappa shape index (κ1) is 12.3. The molecule has 1 aromatic carbocycles. The van der Waals surface area contributed by atoms with Crippen molar-refractivity contribution in [2.45, 2.75) is 31.4 Å². The lowest BCUT2D eigenvalue weighted by molar-refractivity contribution is 0.687. The van der Waals surface area contributed by atoms with E-state index in [1.165, 1.54) is 24.8 Å². The Morgan fingerprint density at radius 2 is 2.00 bits per heavy atom. The van der Waals surface area contributed by atoms with Crippen LogP contribution < -0.4 is 0 Å². The summed E-state index contributed by atoms with van der Waals surface area (Å²) in [4.78, 5) is 0. The fourth-order valence-corrected chi connectivity index (χ4v) is 2.91. The second-order valence-corrected chi connectivity index (χ2v) is 5.66. The molecule has 1 atom stereocenters. The van der Waals surface area contributed by atoms with Gasteiger partial charge in [0.1, 0.15) is 0 Å². The van der Waals surface area contributed by atoms with Gasteiger partial charge in [-0.05, 0) is 31.2 Å². The number of hydrogen-bond donors (Lipinski definition) is 0. The standard InChI is InChI=1S/C15H18OS/c16-17(13-15-9-5-2-6-10-15)12-11-14-7-3-1-4-8-14/h2,5-7,9-12H,1,3-4,8,13H2/b12-11-/t17-/m0/s1. The molecule has 0 amide bonds. The normalized spacial score (nSPS) is 18.0. The molecular formula is C15H18OS. The molecule has 0 radical (unpaired) electrons. The van der Waals surface area contributed by atoms with Crippen LogP contribution in [-0.2, 0) is 16.6 Å². The number of rotatable bonds is 4. The van der Waals surface area contributed by atoms with Gasteiger partial charge in [-0.2, -0.15) is 0 Å². The van der Waals surface area contributed by atoms with Crippen LogP contribution >= 0.6 is 0 Å². The molecule has 90 valence electrons. The van der Waals surface area contributed by atoms with Crippen LogP contribution in [0, 0.1) is 0 Å². The zero-order valence-corrected chi connectivity index (χ0v) is 10.8. The van der Waals surface area contributed by atoms with Gasteiger partial charge in [-0.25, -0.2) is 0 Å². The van der Waals surface area contributed by atoms with Gasteiger partial charge >= 0.3 is 0 Å². The highest BCUT2D eigenvalue weighted by Crippen LogP contribution is 2.18. The molecular weight excluding hydrogens is 228 g/mol. The summed E-state index contributed by atoms with van der Waals surface area (Å²) in [5, 5.41) is 1.84. The molecule has 0 heterocycles. The average Bonchev–Trinajstić information content (AvgIpc) is 2.39. The lowest BCUT2D eigenvalue weighted by Crippen LogP contribution is -1.92. The minimum absolute atomic E-state index is 0.616. The minimum Gasteiger partial charge on any atom is -0.255 e. The molecule has 0 saturated carbocycles. The van der Waals surface area contributed by atoms with Crippen molar-refractivity contribution >= 4 is 10.8 Å². The van der Waals surface area contributed by atoms with Crippen LogP contribution in [0.5, 0.6) is 0 Å². The first-order valence-electron chi connectivity index (χ1n) is 6.13. The van der Waals surface area contributed by atoms with Gasteiger partial charge in [0.2, 0.25) is 0 Å². The SMILES string of the molecule is O=[S@@](/C=C\C1=CCCCC1)Cc1ccccc1. The summed E-state index contributed by atoms with van der Waals surface area (Å²) in [7, 11) is -0.894. The molecule has 1 nitrogen and oxygen atoms in total. The van der Waals surface area contributed by atoms with Crippen LogP contribution in [0.3, 0.4) is 0 Å². The third kappa shape index (κ3) is 4.31. The Hall–Kier alpha value is -1.15. The quantitative estimate of drug-likeness (QED) is 0.786. The van der Waals surface area contributed by atoms with E-state index in [1.807, 2.05) is 41.8 Å². The van der Waals surface area contributed by atoms with Crippen molar-refractivity contribution < 1.29 is 4.21 Å². The Morgan fingerprint density at radius 3 is 2.71 bits per heavy atom. The Bertz CT molecular complexity index is 431. The molecule has 2 heteroatoms. The van der Waals surface area contributed by atoms with E-state index in [4.69, 9.17) is 0 Å².